The van der Waals surface area contributed by atoms with Gasteiger partial charge in [-0.3, -0.25) is 9.59 Å². The topological polar surface area (TPSA) is 91.2 Å². The van der Waals surface area contributed by atoms with E-state index in [1.807, 2.05) is 38.1 Å². The predicted octanol–water partition coefficient (Wildman–Crippen LogP) is 5.52. The van der Waals surface area contributed by atoms with Crippen molar-refractivity contribution < 1.29 is 14.3 Å². The zero-order chi connectivity index (χ0) is 23.8. The lowest BCUT2D eigenvalue weighted by molar-refractivity contribution is -0.118. The number of nitriles is 1. The second-order valence-electron chi connectivity index (χ2n) is 7.36. The number of aryl methyl sites for hydroxylation is 2. The van der Waals surface area contributed by atoms with Crippen LogP contribution in [0, 0.1) is 25.2 Å². The Bertz CT molecular complexity index is 1240. The number of carbonyl (C=O) groups is 2. The van der Waals surface area contributed by atoms with Crippen LogP contribution in [0.1, 0.15) is 16.7 Å². The maximum absolute atomic E-state index is 12.4. The Morgan fingerprint density at radius 3 is 2.48 bits per heavy atom. The zero-order valence-electron chi connectivity index (χ0n) is 18.2. The standard InChI is InChI=1S/C26H22ClN3O3/c1-17-6-7-18(2)24(12-17)30-25(31)16-33-23-10-8-19(9-11-23)13-20(15-28)26(32)29-22-5-3-4-21(27)14-22/h3-14H,16H2,1-2H3,(H,29,32)(H,30,31)/b20-13-. The normalized spacial score (nSPS) is 10.8. The van der Waals surface area contributed by atoms with Crippen molar-refractivity contribution >= 4 is 40.9 Å². The second-order valence-corrected chi connectivity index (χ2v) is 7.79. The number of nitrogens with zero attached hydrogens (tertiary/aromatic N) is 1. The van der Waals surface area contributed by atoms with Crippen molar-refractivity contribution in [1.29, 1.82) is 5.26 Å². The summed E-state index contributed by atoms with van der Waals surface area (Å²) in [5.41, 5.74) is 3.86. The number of hydrogen-bond acceptors (Lipinski definition) is 4. The first-order valence-electron chi connectivity index (χ1n) is 10.1. The fourth-order valence-corrected chi connectivity index (χ4v) is 3.14. The van der Waals surface area contributed by atoms with Gasteiger partial charge in [-0.1, -0.05) is 41.9 Å². The van der Waals surface area contributed by atoms with Crippen molar-refractivity contribution in [3.8, 4) is 11.8 Å². The summed E-state index contributed by atoms with van der Waals surface area (Å²) in [4.78, 5) is 24.6. The highest BCUT2D eigenvalue weighted by Crippen LogP contribution is 2.19. The second kappa shape index (κ2) is 11.0. The summed E-state index contributed by atoms with van der Waals surface area (Å²) < 4.78 is 5.54. The van der Waals surface area contributed by atoms with Crippen LogP contribution in [0.3, 0.4) is 0 Å². The number of benzene rings is 3. The molecule has 0 aromatic heterocycles. The van der Waals surface area contributed by atoms with Gasteiger partial charge in [0.25, 0.3) is 11.8 Å². The van der Waals surface area contributed by atoms with E-state index in [2.05, 4.69) is 10.6 Å². The van der Waals surface area contributed by atoms with Crippen LogP contribution in [0.5, 0.6) is 5.75 Å². The molecule has 2 amide bonds. The van der Waals surface area contributed by atoms with Gasteiger partial charge in [0, 0.05) is 16.4 Å². The monoisotopic (exact) mass is 459 g/mol. The largest absolute Gasteiger partial charge is 0.484 e. The molecular weight excluding hydrogens is 438 g/mol. The minimum absolute atomic E-state index is 0.0588. The van der Waals surface area contributed by atoms with Crippen LogP contribution in [0.2, 0.25) is 5.02 Å². The molecule has 0 unspecified atom stereocenters. The molecule has 0 saturated heterocycles. The summed E-state index contributed by atoms with van der Waals surface area (Å²) >= 11 is 5.92. The number of ether oxygens (including phenoxy) is 1. The van der Waals surface area contributed by atoms with E-state index in [-0.39, 0.29) is 18.1 Å². The number of carbonyl (C=O) groups excluding carboxylic acids is 2. The Hall–Kier alpha value is -4.08. The maximum Gasteiger partial charge on any atom is 0.266 e. The third-order valence-electron chi connectivity index (χ3n) is 4.68. The smallest absolute Gasteiger partial charge is 0.266 e. The molecule has 3 aromatic carbocycles. The summed E-state index contributed by atoms with van der Waals surface area (Å²) in [7, 11) is 0. The zero-order valence-corrected chi connectivity index (χ0v) is 18.9. The van der Waals surface area contributed by atoms with Crippen LogP contribution >= 0.6 is 11.6 Å². The third-order valence-corrected chi connectivity index (χ3v) is 4.91. The molecule has 0 atom stereocenters. The molecule has 2 N–H and O–H groups in total. The Balaban J connectivity index is 1.58. The lowest BCUT2D eigenvalue weighted by atomic mass is 10.1. The number of hydrogen-bond donors (Lipinski definition) is 2. The summed E-state index contributed by atoms with van der Waals surface area (Å²) in [6, 6.07) is 21.1. The van der Waals surface area contributed by atoms with Crippen LogP contribution in [0.15, 0.2) is 72.3 Å². The number of nitrogens with one attached hydrogen (secondary N) is 2. The first kappa shape index (κ1) is 23.6. The molecule has 0 radical (unpaired) electrons. The molecule has 3 rings (SSSR count). The first-order chi connectivity index (χ1) is 15.8. The van der Waals surface area contributed by atoms with Gasteiger partial charge >= 0.3 is 0 Å². The Labute approximate surface area is 197 Å². The van der Waals surface area contributed by atoms with Crippen LogP contribution in [-0.2, 0) is 9.59 Å². The Morgan fingerprint density at radius 2 is 1.79 bits per heavy atom. The van der Waals surface area contributed by atoms with Gasteiger partial charge in [0.1, 0.15) is 17.4 Å². The van der Waals surface area contributed by atoms with E-state index in [0.717, 1.165) is 16.8 Å². The molecule has 6 nitrogen and oxygen atoms in total. The van der Waals surface area contributed by atoms with Crippen molar-refractivity contribution in [3.05, 3.63) is 94.0 Å². The molecule has 3 aromatic rings. The van der Waals surface area contributed by atoms with Crippen LogP contribution < -0.4 is 15.4 Å². The van der Waals surface area contributed by atoms with E-state index in [0.29, 0.717) is 22.0 Å². The Morgan fingerprint density at radius 1 is 1.03 bits per heavy atom. The fourth-order valence-electron chi connectivity index (χ4n) is 2.95. The predicted molar refractivity (Wildman–Crippen MR) is 130 cm³/mol. The van der Waals surface area contributed by atoms with E-state index in [1.54, 1.807) is 48.5 Å². The summed E-state index contributed by atoms with van der Waals surface area (Å²) in [6.45, 7) is 3.74. The number of halogens is 1. The van der Waals surface area contributed by atoms with Crippen molar-refractivity contribution in [2.24, 2.45) is 0 Å². The highest BCUT2D eigenvalue weighted by atomic mass is 35.5. The van der Waals surface area contributed by atoms with Gasteiger partial charge in [0.2, 0.25) is 0 Å². The van der Waals surface area contributed by atoms with Gasteiger partial charge in [-0.2, -0.15) is 5.26 Å². The summed E-state index contributed by atoms with van der Waals surface area (Å²) in [6.07, 6.45) is 1.47. The third kappa shape index (κ3) is 6.96. The number of rotatable bonds is 7. The molecule has 0 aliphatic carbocycles. The molecule has 166 valence electrons. The molecule has 0 aliphatic heterocycles. The first-order valence-corrected chi connectivity index (χ1v) is 10.5. The quantitative estimate of drug-likeness (QED) is 0.359. The highest BCUT2D eigenvalue weighted by Gasteiger charge is 2.10. The molecule has 0 heterocycles. The average molecular weight is 460 g/mol. The number of anilines is 2. The molecule has 0 bridgehead atoms. The van der Waals surface area contributed by atoms with Crippen LogP contribution in [0.4, 0.5) is 11.4 Å². The average Bonchev–Trinajstić information content (AvgIpc) is 2.79. The van der Waals surface area contributed by atoms with E-state index < -0.39 is 5.91 Å². The summed E-state index contributed by atoms with van der Waals surface area (Å²) in [5.74, 6) is -0.314. The molecular formula is C26H22ClN3O3. The van der Waals surface area contributed by atoms with Crippen LogP contribution in [0.25, 0.3) is 6.08 Å². The van der Waals surface area contributed by atoms with Gasteiger partial charge in [-0.15, -0.1) is 0 Å². The minimum atomic E-state index is -0.539. The van der Waals surface area contributed by atoms with Crippen molar-refractivity contribution in [3.63, 3.8) is 0 Å². The van der Waals surface area contributed by atoms with E-state index in [1.165, 1.54) is 6.08 Å². The minimum Gasteiger partial charge on any atom is -0.484 e. The molecule has 0 fully saturated rings. The van der Waals surface area contributed by atoms with Crippen molar-refractivity contribution in [2.45, 2.75) is 13.8 Å². The van der Waals surface area contributed by atoms with Gasteiger partial charge in [-0.05, 0) is 73.0 Å². The molecule has 0 aliphatic rings. The highest BCUT2D eigenvalue weighted by molar-refractivity contribution is 6.31. The molecule has 0 spiro atoms. The van der Waals surface area contributed by atoms with Crippen molar-refractivity contribution in [1.82, 2.24) is 0 Å². The maximum atomic E-state index is 12.4. The van der Waals surface area contributed by atoms with Gasteiger partial charge in [-0.25, -0.2) is 0 Å². The SMILES string of the molecule is Cc1ccc(C)c(NC(=O)COc2ccc(/C=C(/C#N)C(=O)Nc3cccc(Cl)c3)cc2)c1. The molecule has 0 saturated carbocycles. The van der Waals surface area contributed by atoms with Crippen LogP contribution in [-0.4, -0.2) is 18.4 Å². The van der Waals surface area contributed by atoms with Gasteiger partial charge in [0.15, 0.2) is 6.61 Å². The fraction of sp³-hybridized carbons (Fsp3) is 0.115. The van der Waals surface area contributed by atoms with E-state index >= 15 is 0 Å². The molecule has 7 heteroatoms. The van der Waals surface area contributed by atoms with Crippen molar-refractivity contribution in [2.75, 3.05) is 17.2 Å². The molecule has 33 heavy (non-hydrogen) atoms. The van der Waals surface area contributed by atoms with E-state index in [9.17, 15) is 14.9 Å². The number of amides is 2. The lowest BCUT2D eigenvalue weighted by Gasteiger charge is -2.10. The van der Waals surface area contributed by atoms with Gasteiger partial charge in [0.05, 0.1) is 0 Å². The van der Waals surface area contributed by atoms with E-state index in [4.69, 9.17) is 16.3 Å². The Kier molecular flexibility index (Phi) is 7.85. The summed E-state index contributed by atoms with van der Waals surface area (Å²) in [5, 5.41) is 15.3. The lowest BCUT2D eigenvalue weighted by Crippen LogP contribution is -2.20. The van der Waals surface area contributed by atoms with Gasteiger partial charge < -0.3 is 15.4 Å².